The fourth-order valence-corrected chi connectivity index (χ4v) is 4.59. The first kappa shape index (κ1) is 27.1. The van der Waals surface area contributed by atoms with E-state index < -0.39 is 0 Å². The molecule has 0 amide bonds. The van der Waals surface area contributed by atoms with Crippen molar-refractivity contribution in [2.75, 3.05) is 64.4 Å². The van der Waals surface area contributed by atoms with Gasteiger partial charge in [-0.2, -0.15) is 0 Å². The summed E-state index contributed by atoms with van der Waals surface area (Å²) in [6.07, 6.45) is 8.32. The third-order valence-corrected chi connectivity index (χ3v) is 6.68. The summed E-state index contributed by atoms with van der Waals surface area (Å²) in [6, 6.07) is 4.30. The lowest BCUT2D eigenvalue weighted by Crippen LogP contribution is -2.44. The summed E-state index contributed by atoms with van der Waals surface area (Å²) in [5, 5.41) is 7.02. The van der Waals surface area contributed by atoms with Crippen LogP contribution in [0.4, 0.5) is 5.82 Å². The van der Waals surface area contributed by atoms with Gasteiger partial charge in [0.2, 0.25) is 0 Å². The summed E-state index contributed by atoms with van der Waals surface area (Å²) in [4.78, 5) is 14.2. The molecule has 8 heteroatoms. The summed E-state index contributed by atoms with van der Waals surface area (Å²) in [5.41, 5.74) is 1.49. The Morgan fingerprint density at radius 3 is 2.50 bits per heavy atom. The Bertz CT molecular complexity index is 670. The van der Waals surface area contributed by atoms with Crippen molar-refractivity contribution in [1.29, 1.82) is 0 Å². The molecule has 1 aromatic heterocycles. The lowest BCUT2D eigenvalue weighted by molar-refractivity contribution is 0.105. The van der Waals surface area contributed by atoms with Crippen molar-refractivity contribution in [3.05, 3.63) is 23.9 Å². The topological polar surface area (TPSA) is 65.0 Å². The van der Waals surface area contributed by atoms with Crippen molar-refractivity contribution in [1.82, 2.24) is 20.5 Å². The highest BCUT2D eigenvalue weighted by molar-refractivity contribution is 14.0. The highest BCUT2D eigenvalue weighted by atomic mass is 127. The number of rotatable bonds is 10. The van der Waals surface area contributed by atoms with E-state index in [-0.39, 0.29) is 24.0 Å². The van der Waals surface area contributed by atoms with Crippen molar-refractivity contribution in [2.45, 2.75) is 52.5 Å². The minimum absolute atomic E-state index is 0. The van der Waals surface area contributed by atoms with Gasteiger partial charge in [-0.15, -0.1) is 24.0 Å². The average molecular weight is 559 g/mol. The minimum Gasteiger partial charge on any atom is -0.382 e. The van der Waals surface area contributed by atoms with Gasteiger partial charge in [0.1, 0.15) is 5.82 Å². The van der Waals surface area contributed by atoms with Crippen LogP contribution >= 0.6 is 24.0 Å². The van der Waals surface area contributed by atoms with E-state index in [9.17, 15) is 0 Å². The highest BCUT2D eigenvalue weighted by Gasteiger charge is 2.33. The monoisotopic (exact) mass is 558 g/mol. The number of aliphatic imine (C=N–C) groups is 1. The van der Waals surface area contributed by atoms with E-state index in [1.165, 1.54) is 25.7 Å². The number of nitrogens with zero attached hydrogens (tertiary/aromatic N) is 4. The molecule has 0 radical (unpaired) electrons. The second-order valence-corrected chi connectivity index (χ2v) is 9.02. The normalized spacial score (nSPS) is 19.0. The first-order valence-corrected chi connectivity index (χ1v) is 12.1. The van der Waals surface area contributed by atoms with Gasteiger partial charge in [-0.3, -0.25) is 0 Å². The number of pyridine rings is 1. The van der Waals surface area contributed by atoms with Gasteiger partial charge < -0.3 is 25.2 Å². The van der Waals surface area contributed by atoms with Gasteiger partial charge in [0.15, 0.2) is 5.96 Å². The van der Waals surface area contributed by atoms with Crippen LogP contribution in [0.25, 0.3) is 0 Å². The second kappa shape index (κ2) is 14.2. The highest BCUT2D eigenvalue weighted by Crippen LogP contribution is 2.40. The lowest BCUT2D eigenvalue weighted by atomic mass is 9.83. The predicted octanol–water partition coefficient (Wildman–Crippen LogP) is 3.49. The standard InChI is InChI=1S/C24H42N6O.HI/c1-4-25-23(28-20-24(10-6-7-11-24)12-17-31-5-2)27-19-21-8-9-22(26-18-21)30-15-13-29(3)14-16-30;/h8-9,18H,4-7,10-17,19-20H2,1-3H3,(H2,25,27,28);1H. The van der Waals surface area contributed by atoms with Gasteiger partial charge >= 0.3 is 0 Å². The maximum atomic E-state index is 5.65. The average Bonchev–Trinajstić information content (AvgIpc) is 3.26. The van der Waals surface area contributed by atoms with Crippen molar-refractivity contribution in [3.63, 3.8) is 0 Å². The Morgan fingerprint density at radius 2 is 1.88 bits per heavy atom. The number of hydrogen-bond donors (Lipinski definition) is 2. The van der Waals surface area contributed by atoms with E-state index in [0.29, 0.717) is 12.0 Å². The molecule has 2 aliphatic rings. The molecule has 32 heavy (non-hydrogen) atoms. The van der Waals surface area contributed by atoms with Crippen LogP contribution in [-0.2, 0) is 11.3 Å². The summed E-state index contributed by atoms with van der Waals surface area (Å²) >= 11 is 0. The predicted molar refractivity (Wildman–Crippen MR) is 144 cm³/mol. The number of aromatic nitrogens is 1. The number of guanidine groups is 1. The van der Waals surface area contributed by atoms with E-state index in [0.717, 1.165) is 76.2 Å². The molecule has 2 fully saturated rings. The molecule has 2 N–H and O–H groups in total. The number of anilines is 1. The number of nitrogens with one attached hydrogen (secondary N) is 2. The van der Waals surface area contributed by atoms with Crippen molar-refractivity contribution >= 4 is 35.8 Å². The summed E-state index contributed by atoms with van der Waals surface area (Å²) < 4.78 is 5.65. The number of likely N-dealkylation sites (N-methyl/N-ethyl adjacent to an activating group) is 1. The van der Waals surface area contributed by atoms with E-state index in [1.807, 2.05) is 6.20 Å². The van der Waals surface area contributed by atoms with Crippen molar-refractivity contribution < 1.29 is 4.74 Å². The summed E-state index contributed by atoms with van der Waals surface area (Å²) in [7, 11) is 2.18. The van der Waals surface area contributed by atoms with Gasteiger partial charge in [-0.25, -0.2) is 9.98 Å². The molecule has 7 nitrogen and oxygen atoms in total. The quantitative estimate of drug-likeness (QED) is 0.199. The molecule has 1 aliphatic carbocycles. The molecule has 1 aromatic rings. The number of piperazine rings is 1. The van der Waals surface area contributed by atoms with Crippen molar-refractivity contribution in [3.8, 4) is 0 Å². The number of hydrogen-bond acceptors (Lipinski definition) is 5. The summed E-state index contributed by atoms with van der Waals surface area (Å²) in [6.45, 7) is 12.6. The van der Waals surface area contributed by atoms with Crippen LogP contribution in [0.5, 0.6) is 0 Å². The Hall–Kier alpha value is -1.13. The van der Waals surface area contributed by atoms with E-state index in [4.69, 9.17) is 14.7 Å². The second-order valence-electron chi connectivity index (χ2n) is 9.02. The molecule has 1 saturated carbocycles. The molecular formula is C24H43IN6O. The molecule has 0 unspecified atom stereocenters. The zero-order chi connectivity index (χ0) is 21.9. The maximum absolute atomic E-state index is 5.65. The Kier molecular flexibility index (Phi) is 12.0. The first-order valence-electron chi connectivity index (χ1n) is 12.1. The molecule has 0 spiro atoms. The fraction of sp³-hybridized carbons (Fsp3) is 0.750. The number of halogens is 1. The van der Waals surface area contributed by atoms with E-state index in [1.54, 1.807) is 0 Å². The van der Waals surface area contributed by atoms with Crippen LogP contribution in [0, 0.1) is 5.41 Å². The Balaban J connectivity index is 0.00000363. The largest absolute Gasteiger partial charge is 0.382 e. The Labute approximate surface area is 211 Å². The number of ether oxygens (including phenoxy) is 1. The molecule has 3 rings (SSSR count). The van der Waals surface area contributed by atoms with Crippen LogP contribution < -0.4 is 15.5 Å². The molecular weight excluding hydrogens is 515 g/mol. The summed E-state index contributed by atoms with van der Waals surface area (Å²) in [5.74, 6) is 1.97. The van der Waals surface area contributed by atoms with Gasteiger partial charge in [0.05, 0.1) is 6.54 Å². The van der Waals surface area contributed by atoms with Crippen LogP contribution in [0.15, 0.2) is 23.3 Å². The van der Waals surface area contributed by atoms with Crippen molar-refractivity contribution in [2.24, 2.45) is 10.4 Å². The zero-order valence-corrected chi connectivity index (χ0v) is 22.6. The molecule has 182 valence electrons. The van der Waals surface area contributed by atoms with Gasteiger partial charge in [0.25, 0.3) is 0 Å². The van der Waals surface area contributed by atoms with E-state index >= 15 is 0 Å². The van der Waals surface area contributed by atoms with Crippen LogP contribution in [-0.4, -0.2) is 75.4 Å². The molecule has 0 atom stereocenters. The van der Waals surface area contributed by atoms with Gasteiger partial charge in [0, 0.05) is 58.7 Å². The van der Waals surface area contributed by atoms with E-state index in [2.05, 4.69) is 53.5 Å². The third-order valence-electron chi connectivity index (χ3n) is 6.68. The Morgan fingerprint density at radius 1 is 1.12 bits per heavy atom. The third kappa shape index (κ3) is 8.33. The van der Waals surface area contributed by atoms with Gasteiger partial charge in [-0.1, -0.05) is 18.9 Å². The lowest BCUT2D eigenvalue weighted by Gasteiger charge is -2.33. The smallest absolute Gasteiger partial charge is 0.191 e. The van der Waals surface area contributed by atoms with Gasteiger partial charge in [-0.05, 0) is 57.2 Å². The maximum Gasteiger partial charge on any atom is 0.191 e. The van der Waals surface area contributed by atoms with Crippen LogP contribution in [0.2, 0.25) is 0 Å². The first-order chi connectivity index (χ1) is 15.1. The minimum atomic E-state index is 0. The fourth-order valence-electron chi connectivity index (χ4n) is 4.59. The molecule has 0 bridgehead atoms. The SMILES string of the molecule is CCNC(=NCc1ccc(N2CCN(C)CC2)nc1)NCC1(CCOCC)CCCC1.I. The molecule has 1 aliphatic heterocycles. The van der Waals surface area contributed by atoms with Crippen LogP contribution in [0.1, 0.15) is 51.5 Å². The molecule has 0 aromatic carbocycles. The van der Waals surface area contributed by atoms with Crippen LogP contribution in [0.3, 0.4) is 0 Å². The molecule has 1 saturated heterocycles. The zero-order valence-electron chi connectivity index (χ0n) is 20.2. The molecule has 2 heterocycles.